The second kappa shape index (κ2) is 4.44. The summed E-state index contributed by atoms with van der Waals surface area (Å²) in [5, 5.41) is 18.7. The van der Waals surface area contributed by atoms with Gasteiger partial charge in [0, 0.05) is 22.3 Å². The Morgan fingerprint density at radius 1 is 1.88 bits per heavy atom. The Morgan fingerprint density at radius 2 is 2.65 bits per heavy atom. The monoisotopic (exact) mass is 245 g/mol. The van der Waals surface area contributed by atoms with Gasteiger partial charge in [-0.25, -0.2) is 4.79 Å². The highest BCUT2D eigenvalue weighted by Crippen LogP contribution is 2.27. The molecule has 0 radical (unpaired) electrons. The van der Waals surface area contributed by atoms with E-state index in [2.05, 4.69) is 4.98 Å². The molecule has 0 unspecified atom stereocenters. The summed E-state index contributed by atoms with van der Waals surface area (Å²) in [6, 6.07) is 0. The molecule has 4 N–H and O–H groups in total. The first-order valence-corrected chi connectivity index (χ1v) is 5.00. The van der Waals surface area contributed by atoms with E-state index in [-0.39, 0.29) is 6.42 Å². The third kappa shape index (κ3) is 2.17. The van der Waals surface area contributed by atoms with Gasteiger partial charge in [-0.3, -0.25) is 4.57 Å². The summed E-state index contributed by atoms with van der Waals surface area (Å²) in [4.78, 5) is 15.3. The Labute approximate surface area is 103 Å². The van der Waals surface area contributed by atoms with E-state index in [4.69, 9.17) is 21.1 Å². The molecule has 1 saturated heterocycles. The molecule has 1 aliphatic rings. The van der Waals surface area contributed by atoms with Crippen LogP contribution in [0.1, 0.15) is 23.7 Å². The first-order chi connectivity index (χ1) is 9.66. The van der Waals surface area contributed by atoms with Crippen molar-refractivity contribution in [2.24, 2.45) is 0 Å². The van der Waals surface area contributed by atoms with Gasteiger partial charge in [0.1, 0.15) is 18.1 Å². The largest absolute Gasteiger partial charge is 0.394 e. The van der Waals surface area contributed by atoms with E-state index in [1.54, 1.807) is 0 Å². The minimum atomic E-state index is -2.71. The van der Waals surface area contributed by atoms with Gasteiger partial charge in [-0.1, -0.05) is 0 Å². The van der Waals surface area contributed by atoms with Crippen LogP contribution >= 0.6 is 0 Å². The van der Waals surface area contributed by atoms with Crippen LogP contribution in [0.25, 0.3) is 0 Å². The number of anilines is 1. The average molecular weight is 245 g/mol. The maximum Gasteiger partial charge on any atom is 0.351 e. The van der Waals surface area contributed by atoms with Crippen molar-refractivity contribution in [1.82, 2.24) is 9.55 Å². The number of nitrogens with two attached hydrogens (primary N) is 1. The van der Waals surface area contributed by atoms with Crippen molar-refractivity contribution in [2.45, 2.75) is 31.7 Å². The molecule has 7 heteroatoms. The van der Waals surface area contributed by atoms with E-state index >= 15 is 0 Å². The number of aliphatic hydroxyl groups is 2. The summed E-state index contributed by atoms with van der Waals surface area (Å²) in [6.45, 7) is -3.18. The number of hydrogen-bond donors (Lipinski definition) is 3. The molecule has 94 valence electrons. The van der Waals surface area contributed by atoms with Crippen LogP contribution in [-0.4, -0.2) is 38.6 Å². The Morgan fingerprint density at radius 3 is 3.24 bits per heavy atom. The lowest BCUT2D eigenvalue weighted by molar-refractivity contribution is -0.0459. The van der Waals surface area contributed by atoms with Crippen molar-refractivity contribution in [2.75, 3.05) is 12.3 Å². The van der Waals surface area contributed by atoms with E-state index < -0.39 is 55.1 Å². The molecule has 0 saturated carbocycles. The van der Waals surface area contributed by atoms with Gasteiger partial charge in [0.05, 0.1) is 14.1 Å². The smallest absolute Gasteiger partial charge is 0.351 e. The first-order valence-electron chi connectivity index (χ1n) is 7.00. The molecule has 2 heterocycles. The SMILES string of the molecule is [2H]c1c(C([2H])([2H])[2H])c(N)nc(=O)n1[C@H]1C[C@H](O)[C@@H](CO)O1. The zero-order valence-electron chi connectivity index (χ0n) is 12.8. The lowest BCUT2D eigenvalue weighted by Crippen LogP contribution is -2.28. The van der Waals surface area contributed by atoms with Crippen LogP contribution in [-0.2, 0) is 4.74 Å². The lowest BCUT2D eigenvalue weighted by Gasteiger charge is -2.15. The van der Waals surface area contributed by atoms with E-state index in [1.807, 2.05) is 0 Å². The molecule has 0 bridgehead atoms. The molecule has 0 aliphatic carbocycles. The molecule has 0 aromatic carbocycles. The van der Waals surface area contributed by atoms with Crippen molar-refractivity contribution in [3.63, 3.8) is 0 Å². The number of nitrogen functional groups attached to an aromatic ring is 1. The highest BCUT2D eigenvalue weighted by atomic mass is 16.5. The van der Waals surface area contributed by atoms with Crippen molar-refractivity contribution in [3.8, 4) is 0 Å². The van der Waals surface area contributed by atoms with Gasteiger partial charge in [0.15, 0.2) is 0 Å². The van der Waals surface area contributed by atoms with Crippen LogP contribution in [0.2, 0.25) is 0 Å². The lowest BCUT2D eigenvalue weighted by atomic mass is 10.2. The fourth-order valence-corrected chi connectivity index (χ4v) is 1.67. The minimum Gasteiger partial charge on any atom is -0.394 e. The second-order valence-corrected chi connectivity index (χ2v) is 3.75. The molecule has 1 aromatic heterocycles. The summed E-state index contributed by atoms with van der Waals surface area (Å²) in [6.07, 6.45) is -3.71. The van der Waals surface area contributed by atoms with Crippen LogP contribution in [0.5, 0.6) is 0 Å². The van der Waals surface area contributed by atoms with Crippen molar-refractivity contribution < 1.29 is 20.4 Å². The zero-order valence-corrected chi connectivity index (χ0v) is 8.83. The van der Waals surface area contributed by atoms with Gasteiger partial charge in [-0.2, -0.15) is 4.98 Å². The molecule has 3 atom stereocenters. The summed E-state index contributed by atoms with van der Waals surface area (Å²) in [7, 11) is 0. The van der Waals surface area contributed by atoms with Crippen molar-refractivity contribution >= 4 is 5.82 Å². The summed E-state index contributed by atoms with van der Waals surface area (Å²) >= 11 is 0. The van der Waals surface area contributed by atoms with E-state index in [1.165, 1.54) is 0 Å². The average Bonchev–Trinajstić information content (AvgIpc) is 2.67. The number of aliphatic hydroxyl groups excluding tert-OH is 2. The molecule has 7 nitrogen and oxygen atoms in total. The standard InChI is InChI=1S/C10H15N3O4/c1-5-3-13(10(16)12-9(5)11)8-2-6(15)7(4-14)17-8/h3,6-8,14-15H,2,4H2,1H3,(H2,11,12,16)/t6-,7+,8+/m0/s1/i1D3,3D. The number of ether oxygens (including phenoxy) is 1. The topological polar surface area (TPSA) is 111 Å². The van der Waals surface area contributed by atoms with E-state index in [9.17, 15) is 9.90 Å². The van der Waals surface area contributed by atoms with Crippen LogP contribution in [0.3, 0.4) is 0 Å². The predicted octanol–water partition coefficient (Wildman–Crippen LogP) is -1.23. The third-order valence-corrected chi connectivity index (χ3v) is 2.58. The van der Waals surface area contributed by atoms with E-state index in [0.717, 1.165) is 4.57 Å². The van der Waals surface area contributed by atoms with Crippen molar-refractivity contribution in [3.05, 3.63) is 22.2 Å². The highest BCUT2D eigenvalue weighted by molar-refractivity contribution is 5.35. The summed E-state index contributed by atoms with van der Waals surface area (Å²) in [5.74, 6) is -0.529. The third-order valence-electron chi connectivity index (χ3n) is 2.58. The van der Waals surface area contributed by atoms with Gasteiger partial charge < -0.3 is 20.7 Å². The van der Waals surface area contributed by atoms with Crippen LogP contribution in [0.4, 0.5) is 5.82 Å². The highest BCUT2D eigenvalue weighted by Gasteiger charge is 2.35. The normalized spacial score (nSPS) is 32.7. The van der Waals surface area contributed by atoms with Gasteiger partial charge >= 0.3 is 5.69 Å². The number of aromatic nitrogens is 2. The molecule has 1 aromatic rings. The Balaban J connectivity index is 2.53. The summed E-state index contributed by atoms with van der Waals surface area (Å²) < 4.78 is 35.9. The van der Waals surface area contributed by atoms with E-state index in [0.29, 0.717) is 0 Å². The van der Waals surface area contributed by atoms with Crippen molar-refractivity contribution in [1.29, 1.82) is 0 Å². The Hall–Kier alpha value is -1.44. The molecule has 0 amide bonds. The minimum absolute atomic E-state index is 0.0664. The number of nitrogens with zero attached hydrogens (tertiary/aromatic N) is 2. The van der Waals surface area contributed by atoms with Crippen LogP contribution in [0.15, 0.2) is 11.0 Å². The Kier molecular flexibility index (Phi) is 2.04. The molecule has 2 rings (SSSR count). The van der Waals surface area contributed by atoms with Gasteiger partial charge in [-0.15, -0.1) is 0 Å². The van der Waals surface area contributed by atoms with Gasteiger partial charge in [-0.05, 0) is 6.85 Å². The number of hydrogen-bond acceptors (Lipinski definition) is 6. The number of rotatable bonds is 2. The molecule has 17 heavy (non-hydrogen) atoms. The summed E-state index contributed by atoms with van der Waals surface area (Å²) in [5.41, 5.74) is 3.93. The maximum atomic E-state index is 11.9. The molecular formula is C10H15N3O4. The molecule has 1 fully saturated rings. The van der Waals surface area contributed by atoms with Gasteiger partial charge in [0.2, 0.25) is 0 Å². The Bertz CT molecular complexity index is 603. The molecular weight excluding hydrogens is 226 g/mol. The first kappa shape index (κ1) is 7.80. The molecule has 1 aliphatic heterocycles. The fraction of sp³-hybridized carbons (Fsp3) is 0.600. The van der Waals surface area contributed by atoms with Crippen LogP contribution < -0.4 is 11.4 Å². The molecule has 0 spiro atoms. The van der Waals surface area contributed by atoms with Gasteiger partial charge in [0.25, 0.3) is 0 Å². The fourth-order valence-electron chi connectivity index (χ4n) is 1.67. The van der Waals surface area contributed by atoms with Crippen LogP contribution in [0, 0.1) is 6.85 Å². The predicted molar refractivity (Wildman–Crippen MR) is 59.3 cm³/mol. The second-order valence-electron chi connectivity index (χ2n) is 3.75. The zero-order chi connectivity index (χ0) is 15.9. The maximum absolute atomic E-state index is 11.9. The quantitative estimate of drug-likeness (QED) is 0.602.